The highest BCUT2D eigenvalue weighted by molar-refractivity contribution is 5.42. The van der Waals surface area contributed by atoms with E-state index in [0.717, 1.165) is 0 Å². The van der Waals surface area contributed by atoms with Crippen LogP contribution in [0.3, 0.4) is 0 Å². The van der Waals surface area contributed by atoms with Gasteiger partial charge in [-0.15, -0.1) is 0 Å². The monoisotopic (exact) mass is 189 g/mol. The van der Waals surface area contributed by atoms with Gasteiger partial charge in [0.25, 0.3) is 0 Å². The number of aryl methyl sites for hydroxylation is 2. The van der Waals surface area contributed by atoms with E-state index in [1.54, 1.807) is 11.1 Å². The zero-order valence-corrected chi connectivity index (χ0v) is 9.35. The summed E-state index contributed by atoms with van der Waals surface area (Å²) < 4.78 is 0. The first-order valence-corrected chi connectivity index (χ1v) is 5.47. The molecule has 1 nitrogen and oxygen atoms in total. The molecular formula is C13H19N. The third kappa shape index (κ3) is 1.57. The fourth-order valence-corrected chi connectivity index (χ4v) is 2.47. The van der Waals surface area contributed by atoms with Crippen LogP contribution in [0, 0.1) is 13.8 Å². The Kier molecular flexibility index (Phi) is 2.60. The summed E-state index contributed by atoms with van der Waals surface area (Å²) in [5, 5.41) is 3.39. The van der Waals surface area contributed by atoms with Crippen molar-refractivity contribution in [2.24, 2.45) is 0 Å². The van der Waals surface area contributed by atoms with Crippen molar-refractivity contribution in [3.63, 3.8) is 0 Å². The van der Waals surface area contributed by atoms with Gasteiger partial charge in [0.05, 0.1) is 0 Å². The molecule has 1 aromatic carbocycles. The average Bonchev–Trinajstić information content (AvgIpc) is 2.23. The molecule has 1 unspecified atom stereocenters. The number of rotatable bonds is 1. The maximum Gasteiger partial charge on any atom is 0.0108 e. The normalized spacial score (nSPS) is 20.6. The molecule has 0 saturated heterocycles. The smallest absolute Gasteiger partial charge is 0.0108 e. The van der Waals surface area contributed by atoms with Gasteiger partial charge in [0.15, 0.2) is 0 Å². The Bertz CT molecular complexity index is 341. The van der Waals surface area contributed by atoms with Crippen LogP contribution >= 0.6 is 0 Å². The molecule has 1 aromatic rings. The summed E-state index contributed by atoms with van der Waals surface area (Å²) in [5.41, 5.74) is 6.14. The van der Waals surface area contributed by atoms with E-state index in [0.29, 0.717) is 6.04 Å². The molecule has 14 heavy (non-hydrogen) atoms. The minimum Gasteiger partial charge on any atom is -0.317 e. The van der Waals surface area contributed by atoms with E-state index in [1.807, 2.05) is 0 Å². The van der Waals surface area contributed by atoms with Gasteiger partial charge in [-0.3, -0.25) is 0 Å². The van der Waals surface area contributed by atoms with Crippen molar-refractivity contribution in [2.75, 3.05) is 7.05 Å². The van der Waals surface area contributed by atoms with E-state index in [-0.39, 0.29) is 0 Å². The van der Waals surface area contributed by atoms with E-state index in [1.165, 1.54) is 30.4 Å². The second-order valence-corrected chi connectivity index (χ2v) is 4.38. The van der Waals surface area contributed by atoms with E-state index < -0.39 is 0 Å². The van der Waals surface area contributed by atoms with Gasteiger partial charge in [-0.1, -0.05) is 12.1 Å². The molecule has 0 aromatic heterocycles. The zero-order valence-electron chi connectivity index (χ0n) is 9.35. The van der Waals surface area contributed by atoms with Gasteiger partial charge in [-0.2, -0.15) is 0 Å². The molecule has 1 aliphatic rings. The maximum absolute atomic E-state index is 3.39. The van der Waals surface area contributed by atoms with E-state index in [4.69, 9.17) is 0 Å². The summed E-state index contributed by atoms with van der Waals surface area (Å²) >= 11 is 0. The highest BCUT2D eigenvalue weighted by atomic mass is 14.9. The first kappa shape index (κ1) is 9.72. The molecule has 1 aliphatic carbocycles. The molecule has 1 atom stereocenters. The minimum atomic E-state index is 0.683. The Labute approximate surface area is 86.5 Å². The predicted octanol–water partition coefficient (Wildman–Crippen LogP) is 2.38. The highest BCUT2D eigenvalue weighted by Gasteiger charge is 2.19. The van der Waals surface area contributed by atoms with Gasteiger partial charge in [-0.25, -0.2) is 0 Å². The Hall–Kier alpha value is -0.820. The fraction of sp³-hybridized carbons (Fsp3) is 0.538. The Morgan fingerprint density at radius 2 is 1.79 bits per heavy atom. The number of benzene rings is 1. The molecule has 1 N–H and O–H groups in total. The lowest BCUT2D eigenvalue weighted by molar-refractivity contribution is 0.494. The maximum atomic E-state index is 3.39. The summed E-state index contributed by atoms with van der Waals surface area (Å²) in [5.74, 6) is 0. The SMILES string of the molecule is CNC1CCc2c(C)ccc(C)c2C1. The summed E-state index contributed by atoms with van der Waals surface area (Å²) in [6.07, 6.45) is 3.74. The lowest BCUT2D eigenvalue weighted by Gasteiger charge is -2.27. The topological polar surface area (TPSA) is 12.0 Å². The molecule has 0 bridgehead atoms. The largest absolute Gasteiger partial charge is 0.317 e. The Morgan fingerprint density at radius 1 is 1.14 bits per heavy atom. The standard InChI is InChI=1S/C13H19N/c1-9-4-5-10(2)13-8-11(14-3)6-7-12(9)13/h4-5,11,14H,6-8H2,1-3H3. The molecule has 0 fully saturated rings. The molecule has 0 heterocycles. The van der Waals surface area contributed by atoms with Crippen molar-refractivity contribution in [1.82, 2.24) is 5.32 Å². The molecule has 0 aliphatic heterocycles. The first-order chi connectivity index (χ1) is 6.72. The van der Waals surface area contributed by atoms with E-state index in [2.05, 4.69) is 38.3 Å². The van der Waals surface area contributed by atoms with Gasteiger partial charge in [0.2, 0.25) is 0 Å². The van der Waals surface area contributed by atoms with E-state index in [9.17, 15) is 0 Å². The summed E-state index contributed by atoms with van der Waals surface area (Å²) in [4.78, 5) is 0. The molecule has 0 radical (unpaired) electrons. The van der Waals surface area contributed by atoms with Crippen molar-refractivity contribution in [3.8, 4) is 0 Å². The number of likely N-dealkylation sites (N-methyl/N-ethyl adjacent to an activating group) is 1. The average molecular weight is 189 g/mol. The van der Waals surface area contributed by atoms with Crippen molar-refractivity contribution < 1.29 is 0 Å². The van der Waals surface area contributed by atoms with Crippen LogP contribution < -0.4 is 5.32 Å². The van der Waals surface area contributed by atoms with Crippen LogP contribution in [-0.4, -0.2) is 13.1 Å². The van der Waals surface area contributed by atoms with Crippen LogP contribution in [0.25, 0.3) is 0 Å². The zero-order chi connectivity index (χ0) is 10.1. The molecular weight excluding hydrogens is 170 g/mol. The highest BCUT2D eigenvalue weighted by Crippen LogP contribution is 2.26. The molecule has 0 amide bonds. The van der Waals surface area contributed by atoms with Crippen LogP contribution in [-0.2, 0) is 12.8 Å². The van der Waals surface area contributed by atoms with Crippen molar-refractivity contribution >= 4 is 0 Å². The lowest BCUT2D eigenvalue weighted by atomic mass is 9.83. The predicted molar refractivity (Wildman–Crippen MR) is 60.8 cm³/mol. The summed E-state index contributed by atoms with van der Waals surface area (Å²) in [7, 11) is 2.07. The van der Waals surface area contributed by atoms with Gasteiger partial charge in [0.1, 0.15) is 0 Å². The number of fused-ring (bicyclic) bond motifs is 1. The number of hydrogen-bond donors (Lipinski definition) is 1. The van der Waals surface area contributed by atoms with Gasteiger partial charge >= 0.3 is 0 Å². The van der Waals surface area contributed by atoms with Gasteiger partial charge in [0, 0.05) is 6.04 Å². The Morgan fingerprint density at radius 3 is 2.43 bits per heavy atom. The van der Waals surface area contributed by atoms with Crippen molar-refractivity contribution in [1.29, 1.82) is 0 Å². The van der Waals surface area contributed by atoms with Crippen LogP contribution in [0.5, 0.6) is 0 Å². The quantitative estimate of drug-likeness (QED) is 0.715. The van der Waals surface area contributed by atoms with Crippen LogP contribution in [0.1, 0.15) is 28.7 Å². The van der Waals surface area contributed by atoms with Gasteiger partial charge < -0.3 is 5.32 Å². The van der Waals surface area contributed by atoms with E-state index >= 15 is 0 Å². The second kappa shape index (κ2) is 3.74. The van der Waals surface area contributed by atoms with Crippen LogP contribution in [0.15, 0.2) is 12.1 Å². The fourth-order valence-electron chi connectivity index (χ4n) is 2.47. The van der Waals surface area contributed by atoms with Crippen LogP contribution in [0.2, 0.25) is 0 Å². The van der Waals surface area contributed by atoms with Gasteiger partial charge in [-0.05, 0) is 62.4 Å². The molecule has 0 saturated carbocycles. The third-order valence-corrected chi connectivity index (χ3v) is 3.50. The van der Waals surface area contributed by atoms with Crippen molar-refractivity contribution in [3.05, 3.63) is 34.4 Å². The molecule has 1 heteroatoms. The summed E-state index contributed by atoms with van der Waals surface area (Å²) in [6, 6.07) is 5.20. The summed E-state index contributed by atoms with van der Waals surface area (Å²) in [6.45, 7) is 4.47. The number of hydrogen-bond acceptors (Lipinski definition) is 1. The molecule has 2 rings (SSSR count). The Balaban J connectivity index is 2.40. The minimum absolute atomic E-state index is 0.683. The third-order valence-electron chi connectivity index (χ3n) is 3.50. The second-order valence-electron chi connectivity index (χ2n) is 4.38. The number of nitrogens with one attached hydrogen (secondary N) is 1. The molecule has 76 valence electrons. The van der Waals surface area contributed by atoms with Crippen LogP contribution in [0.4, 0.5) is 0 Å². The first-order valence-electron chi connectivity index (χ1n) is 5.47. The lowest BCUT2D eigenvalue weighted by Crippen LogP contribution is -2.32. The van der Waals surface area contributed by atoms with Crippen molar-refractivity contribution in [2.45, 2.75) is 39.2 Å². The molecule has 0 spiro atoms.